The first-order valence-corrected chi connectivity index (χ1v) is 7.76. The van der Waals surface area contributed by atoms with E-state index >= 15 is 0 Å². The van der Waals surface area contributed by atoms with E-state index in [1.165, 1.54) is 44.9 Å². The molecule has 3 rings (SSSR count). The van der Waals surface area contributed by atoms with Gasteiger partial charge in [-0.25, -0.2) is 4.98 Å². The van der Waals surface area contributed by atoms with Crippen LogP contribution in [0.15, 0.2) is 12.3 Å². The van der Waals surface area contributed by atoms with Crippen molar-refractivity contribution in [2.45, 2.75) is 44.9 Å². The van der Waals surface area contributed by atoms with Crippen LogP contribution in [-0.2, 0) is 0 Å². The molecule has 0 amide bonds. The first-order valence-electron chi connectivity index (χ1n) is 7.76. The summed E-state index contributed by atoms with van der Waals surface area (Å²) in [5.41, 5.74) is 0. The van der Waals surface area contributed by atoms with E-state index in [4.69, 9.17) is 4.98 Å². The molecule has 0 spiro atoms. The van der Waals surface area contributed by atoms with Gasteiger partial charge in [-0.15, -0.1) is 0 Å². The zero-order valence-corrected chi connectivity index (χ0v) is 11.7. The SMILES string of the molecule is c1cc(N2CCCCCC2)nc(N2CCCCC2)n1. The molecule has 0 aliphatic carbocycles. The minimum Gasteiger partial charge on any atom is -0.356 e. The minimum absolute atomic E-state index is 0.932. The third kappa shape index (κ3) is 3.17. The van der Waals surface area contributed by atoms with Crippen molar-refractivity contribution in [1.82, 2.24) is 9.97 Å². The van der Waals surface area contributed by atoms with Gasteiger partial charge >= 0.3 is 0 Å². The van der Waals surface area contributed by atoms with Gasteiger partial charge in [-0.3, -0.25) is 0 Å². The zero-order valence-electron chi connectivity index (χ0n) is 11.7. The quantitative estimate of drug-likeness (QED) is 0.818. The Morgan fingerprint density at radius 1 is 0.737 bits per heavy atom. The van der Waals surface area contributed by atoms with Gasteiger partial charge in [-0.1, -0.05) is 12.8 Å². The van der Waals surface area contributed by atoms with Gasteiger partial charge in [0, 0.05) is 32.4 Å². The molecule has 2 aliphatic heterocycles. The van der Waals surface area contributed by atoms with E-state index in [2.05, 4.69) is 20.9 Å². The molecule has 0 radical (unpaired) electrons. The fraction of sp³-hybridized carbons (Fsp3) is 0.733. The summed E-state index contributed by atoms with van der Waals surface area (Å²) in [6, 6.07) is 2.07. The molecule has 1 aromatic heterocycles. The fourth-order valence-corrected chi connectivity index (χ4v) is 3.06. The molecule has 19 heavy (non-hydrogen) atoms. The van der Waals surface area contributed by atoms with Crippen LogP contribution >= 0.6 is 0 Å². The first kappa shape index (κ1) is 12.7. The number of aromatic nitrogens is 2. The molecule has 1 aromatic rings. The largest absolute Gasteiger partial charge is 0.356 e. The predicted octanol–water partition coefficient (Wildman–Crippen LogP) is 2.85. The molecule has 104 valence electrons. The first-order chi connectivity index (χ1) is 9.43. The van der Waals surface area contributed by atoms with Crippen LogP contribution in [0, 0.1) is 0 Å². The molecule has 2 saturated heterocycles. The number of rotatable bonds is 2. The highest BCUT2D eigenvalue weighted by molar-refractivity contribution is 5.44. The predicted molar refractivity (Wildman–Crippen MR) is 78.8 cm³/mol. The average molecular weight is 260 g/mol. The van der Waals surface area contributed by atoms with E-state index in [1.807, 2.05) is 6.20 Å². The molecule has 0 bridgehead atoms. The highest BCUT2D eigenvalue weighted by Crippen LogP contribution is 2.21. The number of piperidine rings is 1. The molecule has 0 unspecified atom stereocenters. The summed E-state index contributed by atoms with van der Waals surface area (Å²) < 4.78 is 0. The second-order valence-corrected chi connectivity index (χ2v) is 5.66. The van der Waals surface area contributed by atoms with E-state index in [-0.39, 0.29) is 0 Å². The Morgan fingerprint density at radius 3 is 2.00 bits per heavy atom. The molecule has 0 N–H and O–H groups in total. The molecule has 0 saturated carbocycles. The number of hydrogen-bond donors (Lipinski definition) is 0. The minimum atomic E-state index is 0.932. The molecule has 2 aliphatic rings. The van der Waals surface area contributed by atoms with Gasteiger partial charge in [0.05, 0.1) is 0 Å². The Labute approximate surface area is 115 Å². The van der Waals surface area contributed by atoms with Gasteiger partial charge in [0.15, 0.2) is 0 Å². The second kappa shape index (κ2) is 6.22. The van der Waals surface area contributed by atoms with Crippen LogP contribution in [0.25, 0.3) is 0 Å². The normalized spacial score (nSPS) is 21.3. The summed E-state index contributed by atoms with van der Waals surface area (Å²) in [7, 11) is 0. The van der Waals surface area contributed by atoms with Gasteiger partial charge in [0.25, 0.3) is 0 Å². The van der Waals surface area contributed by atoms with Gasteiger partial charge in [0.2, 0.25) is 5.95 Å². The Hall–Kier alpha value is -1.32. The van der Waals surface area contributed by atoms with Gasteiger partial charge < -0.3 is 9.80 Å². The average Bonchev–Trinajstić information content (AvgIpc) is 2.77. The smallest absolute Gasteiger partial charge is 0.227 e. The number of anilines is 2. The summed E-state index contributed by atoms with van der Waals surface area (Å²) >= 11 is 0. The maximum Gasteiger partial charge on any atom is 0.227 e. The molecular formula is C15H24N4. The van der Waals surface area contributed by atoms with Crippen LogP contribution in [0.5, 0.6) is 0 Å². The molecule has 2 fully saturated rings. The fourth-order valence-electron chi connectivity index (χ4n) is 3.06. The van der Waals surface area contributed by atoms with E-state index < -0.39 is 0 Å². The van der Waals surface area contributed by atoms with Gasteiger partial charge in [0.1, 0.15) is 5.82 Å². The maximum absolute atomic E-state index is 4.80. The van der Waals surface area contributed by atoms with Crippen LogP contribution in [0.1, 0.15) is 44.9 Å². The molecule has 3 heterocycles. The van der Waals surface area contributed by atoms with Crippen LogP contribution in [0.3, 0.4) is 0 Å². The van der Waals surface area contributed by atoms with Crippen LogP contribution in [0.2, 0.25) is 0 Å². The van der Waals surface area contributed by atoms with Crippen molar-refractivity contribution in [3.63, 3.8) is 0 Å². The topological polar surface area (TPSA) is 32.3 Å². The summed E-state index contributed by atoms with van der Waals surface area (Å²) in [5, 5.41) is 0. The Morgan fingerprint density at radius 2 is 1.32 bits per heavy atom. The summed E-state index contributed by atoms with van der Waals surface area (Å²) in [6.45, 7) is 4.53. The van der Waals surface area contributed by atoms with Crippen LogP contribution in [0.4, 0.5) is 11.8 Å². The van der Waals surface area contributed by atoms with Crippen LogP contribution in [-0.4, -0.2) is 36.1 Å². The summed E-state index contributed by atoms with van der Waals surface area (Å²) in [4.78, 5) is 14.0. The van der Waals surface area contributed by atoms with Gasteiger partial charge in [-0.2, -0.15) is 4.98 Å². The third-order valence-corrected chi connectivity index (χ3v) is 4.20. The second-order valence-electron chi connectivity index (χ2n) is 5.66. The maximum atomic E-state index is 4.80. The molecule has 4 heteroatoms. The Bertz CT molecular complexity index is 393. The van der Waals surface area contributed by atoms with Crippen molar-refractivity contribution in [2.75, 3.05) is 36.0 Å². The highest BCUT2D eigenvalue weighted by Gasteiger charge is 2.16. The lowest BCUT2D eigenvalue weighted by atomic mass is 10.1. The zero-order chi connectivity index (χ0) is 12.9. The van der Waals surface area contributed by atoms with Crippen molar-refractivity contribution >= 4 is 11.8 Å². The van der Waals surface area contributed by atoms with E-state index in [9.17, 15) is 0 Å². The van der Waals surface area contributed by atoms with Crippen molar-refractivity contribution in [2.24, 2.45) is 0 Å². The van der Waals surface area contributed by atoms with Crippen molar-refractivity contribution < 1.29 is 0 Å². The van der Waals surface area contributed by atoms with Gasteiger partial charge in [-0.05, 0) is 38.2 Å². The lowest BCUT2D eigenvalue weighted by molar-refractivity contribution is 0.568. The van der Waals surface area contributed by atoms with E-state index in [1.54, 1.807) is 0 Å². The number of nitrogens with zero attached hydrogens (tertiary/aromatic N) is 4. The number of hydrogen-bond acceptors (Lipinski definition) is 4. The summed E-state index contributed by atoms with van der Waals surface area (Å²) in [5.74, 6) is 2.05. The standard InChI is InChI=1S/C15H24N4/c1-2-5-11-18(10-4-1)14-8-9-16-15(17-14)19-12-6-3-7-13-19/h8-9H,1-7,10-13H2. The van der Waals surface area contributed by atoms with Crippen molar-refractivity contribution in [1.29, 1.82) is 0 Å². The van der Waals surface area contributed by atoms with E-state index in [0.29, 0.717) is 0 Å². The van der Waals surface area contributed by atoms with Crippen molar-refractivity contribution in [3.8, 4) is 0 Å². The molecule has 4 nitrogen and oxygen atoms in total. The Kier molecular flexibility index (Phi) is 4.16. The van der Waals surface area contributed by atoms with E-state index in [0.717, 1.165) is 37.9 Å². The molecule has 0 atom stereocenters. The molecular weight excluding hydrogens is 236 g/mol. The Balaban J connectivity index is 1.74. The lowest BCUT2D eigenvalue weighted by Gasteiger charge is -2.28. The molecule has 0 aromatic carbocycles. The monoisotopic (exact) mass is 260 g/mol. The lowest BCUT2D eigenvalue weighted by Crippen LogP contribution is -2.32. The van der Waals surface area contributed by atoms with Crippen LogP contribution < -0.4 is 9.80 Å². The summed E-state index contributed by atoms with van der Waals surface area (Å²) in [6.07, 6.45) is 11.1. The third-order valence-electron chi connectivity index (χ3n) is 4.20. The highest BCUT2D eigenvalue weighted by atomic mass is 15.3. The van der Waals surface area contributed by atoms with Crippen molar-refractivity contribution in [3.05, 3.63) is 12.3 Å².